The second-order valence-corrected chi connectivity index (χ2v) is 8.02. The molecule has 0 bridgehead atoms. The summed E-state index contributed by atoms with van der Waals surface area (Å²) in [4.78, 5) is 2.65. The molecule has 124 valence electrons. The molecule has 1 saturated carbocycles. The van der Waals surface area contributed by atoms with Crippen molar-refractivity contribution in [3.05, 3.63) is 0 Å². The summed E-state index contributed by atoms with van der Waals surface area (Å²) in [5, 5.41) is 13.3. The van der Waals surface area contributed by atoms with Crippen molar-refractivity contribution in [1.29, 1.82) is 0 Å². The van der Waals surface area contributed by atoms with Crippen LogP contribution in [-0.4, -0.2) is 47.8 Å². The summed E-state index contributed by atoms with van der Waals surface area (Å²) < 4.78 is 0. The van der Waals surface area contributed by atoms with E-state index >= 15 is 0 Å². The van der Waals surface area contributed by atoms with Crippen LogP contribution < -0.4 is 5.32 Å². The summed E-state index contributed by atoms with van der Waals surface area (Å²) in [5.41, 5.74) is -0.0620. The molecule has 2 atom stereocenters. The number of nitrogens with one attached hydrogen (secondary N) is 1. The van der Waals surface area contributed by atoms with Gasteiger partial charge in [-0.25, -0.2) is 0 Å². The van der Waals surface area contributed by atoms with Crippen LogP contribution in [0.15, 0.2) is 0 Å². The van der Waals surface area contributed by atoms with Crippen LogP contribution in [0.2, 0.25) is 0 Å². The molecular weight excluding hydrogens is 260 g/mol. The molecule has 2 aliphatic rings. The minimum Gasteiger partial charge on any atom is -0.394 e. The predicted octanol–water partition coefficient (Wildman–Crippen LogP) is 3.03. The molecule has 3 nitrogen and oxygen atoms in total. The number of aliphatic hydroxyl groups is 1. The Bertz CT molecular complexity index is 304. The number of nitrogens with zero attached hydrogens (tertiary/aromatic N) is 1. The standard InChI is InChI=1S/C18H36N2O/c1-15(2)16-6-4-11-20(13-9-16)12-5-10-18(3,14-21)19-17-7-8-17/h15-17,19,21H,4-14H2,1-3H3. The molecule has 21 heavy (non-hydrogen) atoms. The molecule has 2 rings (SSSR count). The Morgan fingerprint density at radius 3 is 2.57 bits per heavy atom. The highest BCUT2D eigenvalue weighted by Crippen LogP contribution is 2.26. The third-order valence-corrected chi connectivity index (χ3v) is 5.49. The third-order valence-electron chi connectivity index (χ3n) is 5.49. The Balaban J connectivity index is 1.67. The number of aliphatic hydroxyl groups excluding tert-OH is 1. The summed E-state index contributed by atoms with van der Waals surface area (Å²) in [6.45, 7) is 10.9. The van der Waals surface area contributed by atoms with Crippen molar-refractivity contribution in [3.8, 4) is 0 Å². The van der Waals surface area contributed by atoms with E-state index in [0.717, 1.165) is 18.3 Å². The third kappa shape index (κ3) is 5.88. The van der Waals surface area contributed by atoms with Gasteiger partial charge in [-0.2, -0.15) is 0 Å². The van der Waals surface area contributed by atoms with Crippen molar-refractivity contribution < 1.29 is 5.11 Å². The van der Waals surface area contributed by atoms with Gasteiger partial charge in [0, 0.05) is 11.6 Å². The van der Waals surface area contributed by atoms with Gasteiger partial charge in [0.1, 0.15) is 0 Å². The first-order chi connectivity index (χ1) is 10.0. The van der Waals surface area contributed by atoms with Crippen LogP contribution in [0.3, 0.4) is 0 Å². The zero-order valence-electron chi connectivity index (χ0n) is 14.4. The first kappa shape index (κ1) is 17.2. The normalized spacial score (nSPS) is 27.6. The Morgan fingerprint density at radius 2 is 1.95 bits per heavy atom. The smallest absolute Gasteiger partial charge is 0.0610 e. The van der Waals surface area contributed by atoms with Gasteiger partial charge in [-0.05, 0) is 83.3 Å². The molecule has 1 aliphatic carbocycles. The minimum atomic E-state index is -0.0620. The van der Waals surface area contributed by atoms with Crippen LogP contribution >= 0.6 is 0 Å². The van der Waals surface area contributed by atoms with Crippen LogP contribution in [0.1, 0.15) is 65.7 Å². The van der Waals surface area contributed by atoms with Gasteiger partial charge < -0.3 is 15.3 Å². The maximum atomic E-state index is 9.66. The molecule has 0 aromatic heterocycles. The van der Waals surface area contributed by atoms with E-state index in [-0.39, 0.29) is 12.1 Å². The highest BCUT2D eigenvalue weighted by atomic mass is 16.3. The van der Waals surface area contributed by atoms with Crippen molar-refractivity contribution in [2.75, 3.05) is 26.2 Å². The molecule has 0 radical (unpaired) electrons. The van der Waals surface area contributed by atoms with E-state index in [1.807, 2.05) is 0 Å². The van der Waals surface area contributed by atoms with E-state index < -0.39 is 0 Å². The SMILES string of the molecule is CC(C)C1CCCN(CCCC(C)(CO)NC2CC2)CC1. The molecule has 2 unspecified atom stereocenters. The monoisotopic (exact) mass is 296 g/mol. The maximum Gasteiger partial charge on any atom is 0.0610 e. The van der Waals surface area contributed by atoms with Crippen molar-refractivity contribution in [1.82, 2.24) is 10.2 Å². The van der Waals surface area contributed by atoms with E-state index in [1.54, 1.807) is 0 Å². The fourth-order valence-electron chi connectivity index (χ4n) is 3.68. The fourth-order valence-corrected chi connectivity index (χ4v) is 3.68. The van der Waals surface area contributed by atoms with Crippen molar-refractivity contribution in [2.45, 2.75) is 77.3 Å². The molecule has 0 spiro atoms. The fraction of sp³-hybridized carbons (Fsp3) is 1.00. The summed E-state index contributed by atoms with van der Waals surface area (Å²) in [7, 11) is 0. The topological polar surface area (TPSA) is 35.5 Å². The number of hydrogen-bond donors (Lipinski definition) is 2. The van der Waals surface area contributed by atoms with Crippen molar-refractivity contribution in [2.24, 2.45) is 11.8 Å². The average molecular weight is 296 g/mol. The first-order valence-corrected chi connectivity index (χ1v) is 9.13. The molecule has 0 aromatic rings. The van der Waals surface area contributed by atoms with E-state index in [4.69, 9.17) is 0 Å². The largest absolute Gasteiger partial charge is 0.394 e. The van der Waals surface area contributed by atoms with Crippen LogP contribution in [0.5, 0.6) is 0 Å². The summed E-state index contributed by atoms with van der Waals surface area (Å²) in [6.07, 6.45) is 9.01. The zero-order chi connectivity index (χ0) is 15.3. The molecule has 1 heterocycles. The molecule has 1 aliphatic heterocycles. The van der Waals surface area contributed by atoms with E-state index in [0.29, 0.717) is 6.04 Å². The summed E-state index contributed by atoms with van der Waals surface area (Å²) >= 11 is 0. The van der Waals surface area contributed by atoms with Crippen LogP contribution in [0, 0.1) is 11.8 Å². The van der Waals surface area contributed by atoms with Gasteiger partial charge in [0.15, 0.2) is 0 Å². The number of likely N-dealkylation sites (tertiary alicyclic amines) is 1. The summed E-state index contributed by atoms with van der Waals surface area (Å²) in [5.74, 6) is 1.76. The van der Waals surface area contributed by atoms with E-state index in [9.17, 15) is 5.11 Å². The highest BCUT2D eigenvalue weighted by molar-refractivity contribution is 4.92. The van der Waals surface area contributed by atoms with E-state index in [1.165, 1.54) is 58.2 Å². The lowest BCUT2D eigenvalue weighted by Crippen LogP contribution is -2.47. The molecule has 0 amide bonds. The molecule has 2 N–H and O–H groups in total. The minimum absolute atomic E-state index is 0.0620. The van der Waals surface area contributed by atoms with Gasteiger partial charge in [-0.3, -0.25) is 0 Å². The number of rotatable bonds is 8. The van der Waals surface area contributed by atoms with Crippen molar-refractivity contribution in [3.63, 3.8) is 0 Å². The molecule has 0 aromatic carbocycles. The van der Waals surface area contributed by atoms with Crippen LogP contribution in [0.4, 0.5) is 0 Å². The van der Waals surface area contributed by atoms with E-state index in [2.05, 4.69) is 31.0 Å². The second kappa shape index (κ2) is 7.94. The Hall–Kier alpha value is -0.120. The van der Waals surface area contributed by atoms with Gasteiger partial charge in [-0.15, -0.1) is 0 Å². The zero-order valence-corrected chi connectivity index (χ0v) is 14.4. The van der Waals surface area contributed by atoms with Gasteiger partial charge in [0.05, 0.1) is 6.61 Å². The lowest BCUT2D eigenvalue weighted by Gasteiger charge is -2.30. The average Bonchev–Trinajstić information content (AvgIpc) is 3.25. The Labute approximate surface area is 131 Å². The van der Waals surface area contributed by atoms with Gasteiger partial charge in [-0.1, -0.05) is 13.8 Å². The molecule has 1 saturated heterocycles. The second-order valence-electron chi connectivity index (χ2n) is 8.02. The van der Waals surface area contributed by atoms with Gasteiger partial charge in [0.2, 0.25) is 0 Å². The Morgan fingerprint density at radius 1 is 1.19 bits per heavy atom. The van der Waals surface area contributed by atoms with Crippen LogP contribution in [0.25, 0.3) is 0 Å². The molecule has 2 fully saturated rings. The van der Waals surface area contributed by atoms with Gasteiger partial charge >= 0.3 is 0 Å². The Kier molecular flexibility index (Phi) is 6.51. The lowest BCUT2D eigenvalue weighted by atomic mass is 9.89. The number of hydrogen-bond acceptors (Lipinski definition) is 3. The van der Waals surface area contributed by atoms with Crippen LogP contribution in [-0.2, 0) is 0 Å². The van der Waals surface area contributed by atoms with Gasteiger partial charge in [0.25, 0.3) is 0 Å². The van der Waals surface area contributed by atoms with Crippen molar-refractivity contribution >= 4 is 0 Å². The molecule has 3 heteroatoms. The quantitative estimate of drug-likeness (QED) is 0.723. The highest BCUT2D eigenvalue weighted by Gasteiger charge is 2.31. The molecular formula is C18H36N2O. The predicted molar refractivity (Wildman–Crippen MR) is 89.5 cm³/mol. The maximum absolute atomic E-state index is 9.66. The summed E-state index contributed by atoms with van der Waals surface area (Å²) in [6, 6.07) is 0.673. The lowest BCUT2D eigenvalue weighted by molar-refractivity contribution is 0.154. The first-order valence-electron chi connectivity index (χ1n) is 9.13.